The number of anilines is 1. The number of rotatable bonds is 7. The molecule has 162 valence electrons. The highest BCUT2D eigenvalue weighted by Gasteiger charge is 2.36. The Balaban J connectivity index is 1.63. The number of nitrogens with zero attached hydrogens (tertiary/aromatic N) is 4. The zero-order valence-electron chi connectivity index (χ0n) is 17.1. The second-order valence-corrected chi connectivity index (χ2v) is 7.73. The molecule has 1 aromatic heterocycles. The third-order valence-electron chi connectivity index (χ3n) is 5.11. The minimum Gasteiger partial charge on any atom is -0.382 e. The molecule has 1 aliphatic heterocycles. The minimum atomic E-state index is -1.60. The number of aliphatic hydroxyl groups is 1. The number of aliphatic hydroxyl groups excluding tert-OH is 1. The molecule has 2 amide bonds. The smallest absolute Gasteiger partial charge is 0.272 e. The molecule has 1 fully saturated rings. The molecule has 2 atom stereocenters. The van der Waals surface area contributed by atoms with Crippen molar-refractivity contribution in [3.63, 3.8) is 0 Å². The van der Waals surface area contributed by atoms with Gasteiger partial charge in [-0.15, -0.1) is 0 Å². The molecule has 1 saturated heterocycles. The van der Waals surface area contributed by atoms with Gasteiger partial charge in [-0.25, -0.2) is 5.48 Å². The second-order valence-electron chi connectivity index (χ2n) is 7.73. The van der Waals surface area contributed by atoms with Crippen molar-refractivity contribution in [2.24, 2.45) is 11.8 Å². The van der Waals surface area contributed by atoms with Crippen LogP contribution in [0.2, 0.25) is 0 Å². The van der Waals surface area contributed by atoms with Crippen LogP contribution in [0.4, 0.5) is 5.95 Å². The lowest BCUT2D eigenvalue weighted by atomic mass is 9.90. The lowest BCUT2D eigenvalue weighted by molar-refractivity contribution is -0.151. The lowest BCUT2D eigenvalue weighted by Gasteiger charge is -2.36. The van der Waals surface area contributed by atoms with Crippen LogP contribution in [0.25, 0.3) is 11.5 Å². The number of aromatic nitrogens is 2. The molecule has 0 saturated carbocycles. The van der Waals surface area contributed by atoms with Crippen LogP contribution in [-0.2, 0) is 9.59 Å². The van der Waals surface area contributed by atoms with Crippen LogP contribution in [0, 0.1) is 11.8 Å². The molecule has 0 spiro atoms. The number of hydrogen-bond acceptors (Lipinski definition) is 8. The third-order valence-corrected chi connectivity index (χ3v) is 5.11. The van der Waals surface area contributed by atoms with Crippen LogP contribution in [-0.4, -0.2) is 69.5 Å². The molecular weight excluding hydrogens is 390 g/mol. The molecule has 10 nitrogen and oxygen atoms in total. The number of amides is 2. The summed E-state index contributed by atoms with van der Waals surface area (Å²) in [6, 6.07) is 9.46. The summed E-state index contributed by atoms with van der Waals surface area (Å²) in [6.07, 6.45) is -1.27. The zero-order chi connectivity index (χ0) is 21.7. The molecule has 0 bridgehead atoms. The first-order chi connectivity index (χ1) is 14.4. The number of benzene rings is 1. The molecular formula is C20H27N5O5. The van der Waals surface area contributed by atoms with Gasteiger partial charge < -0.3 is 19.4 Å². The Hall–Kier alpha value is -2.98. The monoisotopic (exact) mass is 417 g/mol. The van der Waals surface area contributed by atoms with E-state index in [9.17, 15) is 14.7 Å². The molecule has 1 aromatic carbocycles. The van der Waals surface area contributed by atoms with Crippen molar-refractivity contribution < 1.29 is 24.4 Å². The van der Waals surface area contributed by atoms with Gasteiger partial charge in [0.1, 0.15) is 6.10 Å². The van der Waals surface area contributed by atoms with Gasteiger partial charge in [-0.2, -0.15) is 4.98 Å². The van der Waals surface area contributed by atoms with Crippen molar-refractivity contribution in [3.8, 4) is 11.5 Å². The first kappa shape index (κ1) is 21.7. The number of nitrogens with one attached hydrogen (secondary N) is 1. The molecule has 3 rings (SSSR count). The molecule has 3 N–H and O–H groups in total. The molecule has 0 radical (unpaired) electrons. The van der Waals surface area contributed by atoms with Gasteiger partial charge in [-0.1, -0.05) is 32.0 Å². The van der Waals surface area contributed by atoms with Gasteiger partial charge in [0.05, 0.1) is 5.92 Å². The largest absolute Gasteiger partial charge is 0.382 e. The van der Waals surface area contributed by atoms with E-state index in [-0.39, 0.29) is 11.8 Å². The Labute approximate surface area is 174 Å². The Morgan fingerprint density at radius 2 is 1.83 bits per heavy atom. The van der Waals surface area contributed by atoms with Crippen LogP contribution in [0.5, 0.6) is 0 Å². The molecule has 2 heterocycles. The molecule has 0 aliphatic carbocycles. The van der Waals surface area contributed by atoms with Gasteiger partial charge in [0, 0.05) is 31.7 Å². The SMILES string of the molecule is CC(C)C[C@@H](C(=O)N1CCN(c2noc(-c3ccccc3)n2)CC1)[C@@H](O)C(=O)NO. The summed E-state index contributed by atoms with van der Waals surface area (Å²) >= 11 is 0. The van der Waals surface area contributed by atoms with Gasteiger partial charge in [0.2, 0.25) is 5.91 Å². The maximum atomic E-state index is 13.0. The average molecular weight is 417 g/mol. The Bertz CT molecular complexity index is 848. The summed E-state index contributed by atoms with van der Waals surface area (Å²) in [5, 5.41) is 23.1. The summed E-state index contributed by atoms with van der Waals surface area (Å²) in [5.41, 5.74) is 2.26. The number of piperazine rings is 1. The Morgan fingerprint density at radius 1 is 1.17 bits per heavy atom. The fraction of sp³-hybridized carbons (Fsp3) is 0.500. The van der Waals surface area contributed by atoms with Crippen molar-refractivity contribution in [3.05, 3.63) is 30.3 Å². The number of carbonyl (C=O) groups excluding carboxylic acids is 2. The standard InChI is InChI=1S/C20H27N5O5/c1-13(2)12-15(16(26)17(27)22-29)19(28)24-8-10-25(11-9-24)20-21-18(30-23-20)14-6-4-3-5-7-14/h3-7,13,15-16,26,29H,8-12H2,1-2H3,(H,22,27)/t15-,16-/m1/s1. The molecule has 2 aromatic rings. The van der Waals surface area contributed by atoms with E-state index >= 15 is 0 Å². The van der Waals surface area contributed by atoms with E-state index in [1.54, 1.807) is 4.90 Å². The van der Waals surface area contributed by atoms with Crippen LogP contribution in [0.1, 0.15) is 20.3 Å². The van der Waals surface area contributed by atoms with Gasteiger partial charge in [0.15, 0.2) is 0 Å². The van der Waals surface area contributed by atoms with Gasteiger partial charge in [0.25, 0.3) is 17.7 Å². The van der Waals surface area contributed by atoms with E-state index in [0.29, 0.717) is 44.4 Å². The third kappa shape index (κ3) is 4.95. The first-order valence-corrected chi connectivity index (χ1v) is 9.95. The lowest BCUT2D eigenvalue weighted by Crippen LogP contribution is -2.53. The summed E-state index contributed by atoms with van der Waals surface area (Å²) in [6.45, 7) is 5.60. The summed E-state index contributed by atoms with van der Waals surface area (Å²) < 4.78 is 5.35. The molecule has 0 unspecified atom stereocenters. The number of carbonyl (C=O) groups is 2. The Morgan fingerprint density at radius 3 is 2.43 bits per heavy atom. The zero-order valence-corrected chi connectivity index (χ0v) is 17.1. The van der Waals surface area contributed by atoms with E-state index in [1.807, 2.05) is 49.1 Å². The van der Waals surface area contributed by atoms with E-state index in [2.05, 4.69) is 10.1 Å². The van der Waals surface area contributed by atoms with E-state index in [0.717, 1.165) is 5.56 Å². The van der Waals surface area contributed by atoms with Gasteiger partial charge >= 0.3 is 0 Å². The molecule has 1 aliphatic rings. The Kier molecular flexibility index (Phi) is 7.01. The van der Waals surface area contributed by atoms with Gasteiger partial charge in [-0.05, 0) is 29.6 Å². The van der Waals surface area contributed by atoms with Gasteiger partial charge in [-0.3, -0.25) is 14.8 Å². The fourth-order valence-corrected chi connectivity index (χ4v) is 3.52. The number of hydrogen-bond donors (Lipinski definition) is 3. The minimum absolute atomic E-state index is 0.0946. The maximum absolute atomic E-state index is 13.0. The topological polar surface area (TPSA) is 132 Å². The van der Waals surface area contributed by atoms with Crippen LogP contribution in [0.3, 0.4) is 0 Å². The highest BCUT2D eigenvalue weighted by molar-refractivity contribution is 5.88. The van der Waals surface area contributed by atoms with E-state index in [1.165, 1.54) is 5.48 Å². The summed E-state index contributed by atoms with van der Waals surface area (Å²) in [7, 11) is 0. The van der Waals surface area contributed by atoms with E-state index in [4.69, 9.17) is 9.73 Å². The van der Waals surface area contributed by atoms with Crippen LogP contribution in [0.15, 0.2) is 34.9 Å². The quantitative estimate of drug-likeness (QED) is 0.447. The number of hydroxylamine groups is 1. The van der Waals surface area contributed by atoms with E-state index < -0.39 is 17.9 Å². The van der Waals surface area contributed by atoms with Crippen molar-refractivity contribution in [2.45, 2.75) is 26.4 Å². The maximum Gasteiger partial charge on any atom is 0.272 e. The summed E-state index contributed by atoms with van der Waals surface area (Å²) in [4.78, 5) is 32.6. The summed E-state index contributed by atoms with van der Waals surface area (Å²) in [5.74, 6) is -1.22. The predicted molar refractivity (Wildman–Crippen MR) is 107 cm³/mol. The highest BCUT2D eigenvalue weighted by Crippen LogP contribution is 2.23. The van der Waals surface area contributed by atoms with Crippen molar-refractivity contribution in [1.29, 1.82) is 0 Å². The molecule has 30 heavy (non-hydrogen) atoms. The predicted octanol–water partition coefficient (Wildman–Crippen LogP) is 0.914. The first-order valence-electron chi connectivity index (χ1n) is 9.95. The highest BCUT2D eigenvalue weighted by atomic mass is 16.5. The van der Waals surface area contributed by atoms with Crippen molar-refractivity contribution in [2.75, 3.05) is 31.1 Å². The second kappa shape index (κ2) is 9.68. The normalized spacial score (nSPS) is 16.4. The molecule has 10 heteroatoms. The van der Waals surface area contributed by atoms with Crippen molar-refractivity contribution in [1.82, 2.24) is 20.5 Å². The van der Waals surface area contributed by atoms with Crippen LogP contribution >= 0.6 is 0 Å². The fourth-order valence-electron chi connectivity index (χ4n) is 3.52. The van der Waals surface area contributed by atoms with Crippen LogP contribution < -0.4 is 10.4 Å². The average Bonchev–Trinajstić information content (AvgIpc) is 3.27. The van der Waals surface area contributed by atoms with Crippen molar-refractivity contribution >= 4 is 17.8 Å².